The number of hydrogen-bond acceptors (Lipinski definition) is 3. The molecule has 0 aliphatic carbocycles. The van der Waals surface area contributed by atoms with Crippen LogP contribution >= 0.6 is 0 Å². The van der Waals surface area contributed by atoms with E-state index in [1.54, 1.807) is 20.8 Å². The normalized spacial score (nSPS) is 11.4. The Morgan fingerprint density at radius 3 is 2.13 bits per heavy atom. The first kappa shape index (κ1) is 22.5. The van der Waals surface area contributed by atoms with E-state index in [9.17, 15) is 22.5 Å². The van der Waals surface area contributed by atoms with Gasteiger partial charge in [0.1, 0.15) is 5.60 Å². The summed E-state index contributed by atoms with van der Waals surface area (Å²) in [6.45, 7) is 0.691. The zero-order valence-corrected chi connectivity index (χ0v) is 16.7. The van der Waals surface area contributed by atoms with E-state index >= 15 is 0 Å². The van der Waals surface area contributed by atoms with Gasteiger partial charge in [0.2, 0.25) is 0 Å². The predicted octanol–water partition coefficient (Wildman–Crippen LogP) is 0.0986. The molecule has 0 aliphatic heterocycles. The summed E-state index contributed by atoms with van der Waals surface area (Å²) in [6, 6.07) is 1.25. The van der Waals surface area contributed by atoms with E-state index in [2.05, 4.69) is 5.32 Å². The fourth-order valence-electron chi connectivity index (χ4n) is 1.69. The second-order valence-corrected chi connectivity index (χ2v) is 5.75. The van der Waals surface area contributed by atoms with E-state index in [0.717, 1.165) is 0 Å². The summed E-state index contributed by atoms with van der Waals surface area (Å²) < 4.78 is 43.6. The smallest absolute Gasteiger partial charge is 0.478 e. The standard InChI is InChI=1S/C13H16BF3NO4.K/c1-7-9(11(19)20)5-8(14(15,16)17)6-10(7)18-12(21)22-13(2,3)4;/h5-6H,1-4H3,(H,18,21)(H,19,20);/q-1;+1. The van der Waals surface area contributed by atoms with E-state index in [4.69, 9.17) is 9.84 Å². The van der Waals surface area contributed by atoms with Gasteiger partial charge in [0.25, 0.3) is 0 Å². The molecule has 0 saturated carbocycles. The fraction of sp³-hybridized carbons (Fsp3) is 0.385. The monoisotopic (exact) mass is 357 g/mol. The molecule has 1 rings (SSSR count). The number of ether oxygens (including phenoxy) is 1. The van der Waals surface area contributed by atoms with Crippen molar-refractivity contribution in [2.75, 3.05) is 5.32 Å². The Hall–Kier alpha value is -0.549. The number of carboxylic acids is 1. The molecule has 23 heavy (non-hydrogen) atoms. The van der Waals surface area contributed by atoms with E-state index in [-0.39, 0.29) is 62.6 Å². The summed E-state index contributed by atoms with van der Waals surface area (Å²) in [6.07, 6.45) is -0.959. The molecule has 0 unspecified atom stereocenters. The number of nitrogens with one attached hydrogen (secondary N) is 1. The Kier molecular flexibility index (Phi) is 7.83. The summed E-state index contributed by atoms with van der Waals surface area (Å²) in [5.41, 5.74) is -2.69. The minimum atomic E-state index is -5.40. The zero-order valence-electron chi connectivity index (χ0n) is 13.5. The molecule has 1 aromatic carbocycles. The summed E-state index contributed by atoms with van der Waals surface area (Å²) in [7, 11) is 0. The largest absolute Gasteiger partial charge is 1.00 e. The van der Waals surface area contributed by atoms with Crippen molar-refractivity contribution in [3.05, 3.63) is 23.3 Å². The third kappa shape index (κ3) is 6.84. The van der Waals surface area contributed by atoms with Crippen molar-refractivity contribution in [2.24, 2.45) is 0 Å². The Morgan fingerprint density at radius 1 is 1.22 bits per heavy atom. The van der Waals surface area contributed by atoms with Crippen molar-refractivity contribution in [1.82, 2.24) is 0 Å². The first-order valence-corrected chi connectivity index (χ1v) is 6.39. The number of carbonyl (C=O) groups excluding carboxylic acids is 1. The number of rotatable bonds is 3. The van der Waals surface area contributed by atoms with Crippen molar-refractivity contribution in [1.29, 1.82) is 0 Å². The van der Waals surface area contributed by atoms with Crippen LogP contribution < -0.4 is 62.2 Å². The summed E-state index contributed by atoms with van der Waals surface area (Å²) in [4.78, 5) is 22.7. The van der Waals surface area contributed by atoms with Crippen LogP contribution in [0.15, 0.2) is 12.1 Å². The van der Waals surface area contributed by atoms with Crippen LogP contribution in [0.4, 0.5) is 23.4 Å². The van der Waals surface area contributed by atoms with Gasteiger partial charge >= 0.3 is 70.4 Å². The average Bonchev–Trinajstić information content (AvgIpc) is 2.27. The number of carboxylic acid groups (broad SMARTS) is 1. The SMILES string of the molecule is Cc1c(NC(=O)OC(C)(C)C)cc([B-](F)(F)F)cc1C(=O)O.[K+]. The van der Waals surface area contributed by atoms with Crippen LogP contribution in [0.2, 0.25) is 0 Å². The molecular formula is C13H16BF3KNO4. The number of aromatic carboxylic acids is 1. The number of anilines is 1. The number of benzene rings is 1. The van der Waals surface area contributed by atoms with Crippen molar-refractivity contribution >= 4 is 30.2 Å². The molecule has 0 fully saturated rings. The first-order valence-electron chi connectivity index (χ1n) is 6.39. The molecule has 10 heteroatoms. The number of hydrogen-bond donors (Lipinski definition) is 2. The van der Waals surface area contributed by atoms with Gasteiger partial charge in [-0.1, -0.05) is 12.1 Å². The minimum absolute atomic E-state index is 0. The Labute approximate surface area is 174 Å². The van der Waals surface area contributed by atoms with Crippen LogP contribution in [0, 0.1) is 6.92 Å². The van der Waals surface area contributed by atoms with Gasteiger partial charge in [-0.25, -0.2) is 9.59 Å². The predicted molar refractivity (Wildman–Crippen MR) is 76.7 cm³/mol. The second-order valence-electron chi connectivity index (χ2n) is 5.75. The second kappa shape index (κ2) is 8.02. The average molecular weight is 357 g/mol. The zero-order chi connectivity index (χ0) is 17.3. The van der Waals surface area contributed by atoms with Crippen LogP contribution in [-0.2, 0) is 4.74 Å². The molecule has 0 aliphatic rings. The van der Waals surface area contributed by atoms with Gasteiger partial charge in [-0.15, -0.1) is 5.46 Å². The topological polar surface area (TPSA) is 75.6 Å². The molecule has 0 atom stereocenters. The van der Waals surface area contributed by atoms with Gasteiger partial charge < -0.3 is 22.8 Å². The Morgan fingerprint density at radius 2 is 1.74 bits per heavy atom. The molecule has 0 heterocycles. The van der Waals surface area contributed by atoms with Crippen molar-refractivity contribution in [3.63, 3.8) is 0 Å². The van der Waals surface area contributed by atoms with Crippen LogP contribution in [0.1, 0.15) is 36.7 Å². The van der Waals surface area contributed by atoms with E-state index in [0.29, 0.717) is 12.1 Å². The first-order chi connectivity index (χ1) is 9.81. The molecular weight excluding hydrogens is 341 g/mol. The maximum Gasteiger partial charge on any atom is 1.00 e. The van der Waals surface area contributed by atoms with Crippen LogP contribution in [0.3, 0.4) is 0 Å². The molecule has 5 nitrogen and oxygen atoms in total. The molecule has 0 radical (unpaired) electrons. The minimum Gasteiger partial charge on any atom is -0.478 e. The van der Waals surface area contributed by atoms with E-state index in [1.807, 2.05) is 0 Å². The van der Waals surface area contributed by atoms with E-state index in [1.165, 1.54) is 6.92 Å². The maximum absolute atomic E-state index is 12.9. The van der Waals surface area contributed by atoms with Gasteiger partial charge in [0, 0.05) is 5.69 Å². The molecule has 0 saturated heterocycles. The van der Waals surface area contributed by atoms with Gasteiger partial charge in [0.05, 0.1) is 5.56 Å². The van der Waals surface area contributed by atoms with Gasteiger partial charge in [0.15, 0.2) is 0 Å². The third-order valence-electron chi connectivity index (χ3n) is 2.67. The molecule has 0 spiro atoms. The van der Waals surface area contributed by atoms with Gasteiger partial charge in [-0.05, 0) is 33.3 Å². The molecule has 1 amide bonds. The van der Waals surface area contributed by atoms with Crippen molar-refractivity contribution < 1.29 is 83.8 Å². The van der Waals surface area contributed by atoms with Crippen LogP contribution in [-0.4, -0.2) is 29.7 Å². The van der Waals surface area contributed by atoms with Crippen LogP contribution in [0.25, 0.3) is 0 Å². The van der Waals surface area contributed by atoms with Gasteiger partial charge in [-0.2, -0.15) is 0 Å². The molecule has 2 N–H and O–H groups in total. The van der Waals surface area contributed by atoms with Crippen LogP contribution in [0.5, 0.6) is 0 Å². The fourth-order valence-corrected chi connectivity index (χ4v) is 1.69. The number of carbonyl (C=O) groups is 2. The van der Waals surface area contributed by atoms with Gasteiger partial charge in [-0.3, -0.25) is 5.32 Å². The van der Waals surface area contributed by atoms with E-state index < -0.39 is 35.7 Å². The maximum atomic E-state index is 12.9. The van der Waals surface area contributed by atoms with Crippen molar-refractivity contribution in [2.45, 2.75) is 33.3 Å². The molecule has 0 aromatic heterocycles. The number of halogens is 3. The molecule has 0 bridgehead atoms. The Bertz CT molecular complexity index is 614. The summed E-state index contributed by atoms with van der Waals surface area (Å²) >= 11 is 0. The molecule has 1 aromatic rings. The number of amides is 1. The summed E-state index contributed by atoms with van der Waals surface area (Å²) in [5, 5.41) is 11.2. The van der Waals surface area contributed by atoms with Crippen molar-refractivity contribution in [3.8, 4) is 0 Å². The molecule has 122 valence electrons. The quantitative estimate of drug-likeness (QED) is 0.753. The third-order valence-corrected chi connectivity index (χ3v) is 2.67. The summed E-state index contributed by atoms with van der Waals surface area (Å²) in [5.74, 6) is -1.51. The Balaban J connectivity index is 0.00000484.